The zero-order chi connectivity index (χ0) is 13.7. The Morgan fingerprint density at radius 1 is 1.37 bits per heavy atom. The highest BCUT2D eigenvalue weighted by Gasteiger charge is 2.11. The number of rotatable bonds is 6. The first-order valence-electron chi connectivity index (χ1n) is 6.12. The van der Waals surface area contributed by atoms with Crippen LogP contribution in [-0.4, -0.2) is 31.7 Å². The van der Waals surface area contributed by atoms with E-state index in [4.69, 9.17) is 0 Å². The molecular formula is C13H16BrN3OS. The maximum atomic E-state index is 10.0. The van der Waals surface area contributed by atoms with E-state index in [9.17, 15) is 5.11 Å². The summed E-state index contributed by atoms with van der Waals surface area (Å²) in [5, 5.41) is 14.1. The molecule has 0 amide bonds. The topological polar surface area (TPSA) is 50.9 Å². The van der Waals surface area contributed by atoms with E-state index in [1.807, 2.05) is 35.9 Å². The number of aliphatic hydroxyl groups excluding tert-OH is 1. The highest BCUT2D eigenvalue weighted by atomic mass is 79.9. The number of hydrogen-bond donors (Lipinski definition) is 1. The Labute approximate surface area is 125 Å². The van der Waals surface area contributed by atoms with Crippen molar-refractivity contribution in [2.75, 3.05) is 5.75 Å². The van der Waals surface area contributed by atoms with Gasteiger partial charge in [0.25, 0.3) is 0 Å². The smallest absolute Gasteiger partial charge is 0.138 e. The molecule has 0 saturated carbocycles. The second-order valence-electron chi connectivity index (χ2n) is 4.11. The highest BCUT2D eigenvalue weighted by Crippen LogP contribution is 2.21. The molecule has 1 unspecified atom stereocenters. The van der Waals surface area contributed by atoms with Crippen molar-refractivity contribution in [1.82, 2.24) is 14.8 Å². The van der Waals surface area contributed by atoms with Crippen molar-refractivity contribution in [2.24, 2.45) is 0 Å². The van der Waals surface area contributed by atoms with E-state index < -0.39 is 6.10 Å². The minimum absolute atomic E-state index is 0.414. The van der Waals surface area contributed by atoms with Crippen molar-refractivity contribution in [2.45, 2.75) is 30.9 Å². The number of aromatic nitrogens is 3. The van der Waals surface area contributed by atoms with Gasteiger partial charge in [0.15, 0.2) is 0 Å². The third-order valence-corrected chi connectivity index (χ3v) is 4.36. The summed E-state index contributed by atoms with van der Waals surface area (Å²) in [6, 6.07) is 8.08. The minimum atomic E-state index is -0.414. The van der Waals surface area contributed by atoms with Gasteiger partial charge in [-0.2, -0.15) is 5.10 Å². The van der Waals surface area contributed by atoms with Gasteiger partial charge in [-0.1, -0.05) is 15.9 Å². The van der Waals surface area contributed by atoms with Crippen molar-refractivity contribution in [3.63, 3.8) is 0 Å². The molecule has 0 aliphatic heterocycles. The lowest BCUT2D eigenvalue weighted by atomic mass is 10.3. The summed E-state index contributed by atoms with van der Waals surface area (Å²) in [5.41, 5.74) is 0. The minimum Gasteiger partial charge on any atom is -0.392 e. The Bertz CT molecular complexity index is 515. The van der Waals surface area contributed by atoms with E-state index in [1.165, 1.54) is 6.33 Å². The summed E-state index contributed by atoms with van der Waals surface area (Å²) in [7, 11) is 0. The number of nitrogens with zero attached hydrogens (tertiary/aromatic N) is 3. The van der Waals surface area contributed by atoms with Gasteiger partial charge in [-0.05, 0) is 31.2 Å². The standard InChI is InChI=1S/C13H16BrN3OS/c1-2-17-13(15-9-16-17)7-11(18)8-19-12-5-3-10(14)4-6-12/h3-6,9,11,18H,2,7-8H2,1H3. The first-order valence-corrected chi connectivity index (χ1v) is 7.90. The molecule has 1 heterocycles. The van der Waals surface area contributed by atoms with Gasteiger partial charge >= 0.3 is 0 Å². The molecule has 2 rings (SSSR count). The third-order valence-electron chi connectivity index (χ3n) is 2.67. The van der Waals surface area contributed by atoms with E-state index in [2.05, 4.69) is 26.0 Å². The van der Waals surface area contributed by atoms with E-state index >= 15 is 0 Å². The highest BCUT2D eigenvalue weighted by molar-refractivity contribution is 9.10. The summed E-state index contributed by atoms with van der Waals surface area (Å²) in [5.74, 6) is 1.49. The number of benzene rings is 1. The van der Waals surface area contributed by atoms with Crippen LogP contribution in [0.3, 0.4) is 0 Å². The van der Waals surface area contributed by atoms with Crippen LogP contribution >= 0.6 is 27.7 Å². The van der Waals surface area contributed by atoms with Gasteiger partial charge in [0, 0.05) is 28.1 Å². The zero-order valence-corrected chi connectivity index (χ0v) is 13.1. The Balaban J connectivity index is 1.84. The Morgan fingerprint density at radius 3 is 2.79 bits per heavy atom. The van der Waals surface area contributed by atoms with Gasteiger partial charge in [0.05, 0.1) is 6.10 Å². The first-order chi connectivity index (χ1) is 9.19. The zero-order valence-electron chi connectivity index (χ0n) is 10.7. The van der Waals surface area contributed by atoms with Crippen LogP contribution in [0.25, 0.3) is 0 Å². The lowest BCUT2D eigenvalue weighted by molar-refractivity contribution is 0.195. The second kappa shape index (κ2) is 7.07. The van der Waals surface area contributed by atoms with Gasteiger partial charge in [-0.15, -0.1) is 11.8 Å². The van der Waals surface area contributed by atoms with Gasteiger partial charge < -0.3 is 5.11 Å². The van der Waals surface area contributed by atoms with E-state index in [-0.39, 0.29) is 0 Å². The van der Waals surface area contributed by atoms with Crippen molar-refractivity contribution in [3.05, 3.63) is 40.9 Å². The monoisotopic (exact) mass is 341 g/mol. The van der Waals surface area contributed by atoms with E-state index in [0.717, 1.165) is 21.7 Å². The molecule has 1 aromatic carbocycles. The summed E-state index contributed by atoms with van der Waals surface area (Å²) >= 11 is 5.05. The first kappa shape index (κ1) is 14.6. The molecule has 1 N–H and O–H groups in total. The largest absolute Gasteiger partial charge is 0.392 e. The normalized spacial score (nSPS) is 12.6. The fraction of sp³-hybridized carbons (Fsp3) is 0.385. The Kier molecular flexibility index (Phi) is 5.42. The summed E-state index contributed by atoms with van der Waals surface area (Å²) in [6.45, 7) is 2.79. The molecule has 0 fully saturated rings. The summed E-state index contributed by atoms with van der Waals surface area (Å²) in [4.78, 5) is 5.32. The van der Waals surface area contributed by atoms with Gasteiger partial charge in [0.1, 0.15) is 12.2 Å². The maximum Gasteiger partial charge on any atom is 0.138 e. The summed E-state index contributed by atoms with van der Waals surface area (Å²) in [6.07, 6.45) is 1.66. The molecule has 19 heavy (non-hydrogen) atoms. The SMILES string of the molecule is CCn1ncnc1CC(O)CSc1ccc(Br)cc1. The Morgan fingerprint density at radius 2 is 2.11 bits per heavy atom. The predicted octanol–water partition coefficient (Wildman–Crippen LogP) is 2.76. The van der Waals surface area contributed by atoms with Crippen LogP contribution in [0.15, 0.2) is 40.0 Å². The van der Waals surface area contributed by atoms with Crippen LogP contribution in [0.1, 0.15) is 12.7 Å². The van der Waals surface area contributed by atoms with Crippen molar-refractivity contribution in [1.29, 1.82) is 0 Å². The molecular weight excluding hydrogens is 326 g/mol. The molecule has 102 valence electrons. The molecule has 0 aliphatic rings. The molecule has 1 aromatic heterocycles. The molecule has 2 aromatic rings. The molecule has 4 nitrogen and oxygen atoms in total. The Hall–Kier alpha value is -0.850. The molecule has 0 saturated heterocycles. The molecule has 0 radical (unpaired) electrons. The van der Waals surface area contributed by atoms with Crippen molar-refractivity contribution < 1.29 is 5.11 Å². The molecule has 6 heteroatoms. The lowest BCUT2D eigenvalue weighted by Gasteiger charge is -2.10. The predicted molar refractivity (Wildman–Crippen MR) is 80.3 cm³/mol. The quantitative estimate of drug-likeness (QED) is 0.820. The number of hydrogen-bond acceptors (Lipinski definition) is 4. The molecule has 0 bridgehead atoms. The van der Waals surface area contributed by atoms with Crippen LogP contribution in [-0.2, 0) is 13.0 Å². The van der Waals surface area contributed by atoms with E-state index in [0.29, 0.717) is 12.2 Å². The van der Waals surface area contributed by atoms with Crippen LogP contribution in [0.5, 0.6) is 0 Å². The molecule has 1 atom stereocenters. The van der Waals surface area contributed by atoms with Gasteiger partial charge in [0.2, 0.25) is 0 Å². The second-order valence-corrected chi connectivity index (χ2v) is 6.12. The van der Waals surface area contributed by atoms with Crippen LogP contribution in [0, 0.1) is 0 Å². The van der Waals surface area contributed by atoms with Crippen molar-refractivity contribution >= 4 is 27.7 Å². The number of thioether (sulfide) groups is 1. The van der Waals surface area contributed by atoms with Crippen molar-refractivity contribution in [3.8, 4) is 0 Å². The number of aryl methyl sites for hydroxylation is 1. The van der Waals surface area contributed by atoms with Crippen LogP contribution < -0.4 is 0 Å². The average molecular weight is 342 g/mol. The lowest BCUT2D eigenvalue weighted by Crippen LogP contribution is -2.17. The fourth-order valence-electron chi connectivity index (χ4n) is 1.70. The van der Waals surface area contributed by atoms with Gasteiger partial charge in [-0.25, -0.2) is 4.98 Å². The number of halogens is 1. The van der Waals surface area contributed by atoms with E-state index in [1.54, 1.807) is 11.8 Å². The maximum absolute atomic E-state index is 10.0. The average Bonchev–Trinajstić information content (AvgIpc) is 2.85. The number of aliphatic hydroxyl groups is 1. The molecule has 0 spiro atoms. The van der Waals surface area contributed by atoms with Crippen LogP contribution in [0.4, 0.5) is 0 Å². The van der Waals surface area contributed by atoms with Crippen LogP contribution in [0.2, 0.25) is 0 Å². The van der Waals surface area contributed by atoms with Gasteiger partial charge in [-0.3, -0.25) is 4.68 Å². The third kappa shape index (κ3) is 4.33. The molecule has 0 aliphatic carbocycles. The fourth-order valence-corrected chi connectivity index (χ4v) is 2.80. The summed E-state index contributed by atoms with van der Waals surface area (Å²) < 4.78 is 2.88.